The van der Waals surface area contributed by atoms with E-state index in [4.69, 9.17) is 14.2 Å². The smallest absolute Gasteiger partial charge is 0.412 e. The van der Waals surface area contributed by atoms with Crippen molar-refractivity contribution in [3.63, 3.8) is 0 Å². The quantitative estimate of drug-likeness (QED) is 0.374. The Labute approximate surface area is 191 Å². The number of fused-ring (bicyclic) bond motifs is 1. The number of pyridine rings is 1. The van der Waals surface area contributed by atoms with Gasteiger partial charge < -0.3 is 19.3 Å². The number of amides is 1. The van der Waals surface area contributed by atoms with Crippen LogP contribution in [0, 0.1) is 6.92 Å². The van der Waals surface area contributed by atoms with E-state index in [0.717, 1.165) is 16.5 Å². The highest BCUT2D eigenvalue weighted by Gasteiger charge is 2.16. The summed E-state index contributed by atoms with van der Waals surface area (Å²) in [7, 11) is 3.15. The van der Waals surface area contributed by atoms with E-state index in [1.165, 1.54) is 4.90 Å². The number of aromatic nitrogens is 1. The van der Waals surface area contributed by atoms with Crippen LogP contribution in [0.4, 0.5) is 10.5 Å². The molecule has 1 amide bonds. The molecule has 33 heavy (non-hydrogen) atoms. The van der Waals surface area contributed by atoms with Gasteiger partial charge in [0.25, 0.3) is 0 Å². The first kappa shape index (κ1) is 22.0. The van der Waals surface area contributed by atoms with Gasteiger partial charge >= 0.3 is 6.09 Å². The normalized spacial score (nSPS) is 10.6. The molecule has 168 valence electrons. The van der Waals surface area contributed by atoms with Crippen LogP contribution in [0.15, 0.2) is 72.9 Å². The second-order valence-corrected chi connectivity index (χ2v) is 7.48. The molecule has 7 heteroatoms. The van der Waals surface area contributed by atoms with Gasteiger partial charge in [-0.2, -0.15) is 0 Å². The second kappa shape index (κ2) is 9.48. The Bertz CT molecular complexity index is 1270. The number of nitrogens with zero attached hydrogens (tertiary/aromatic N) is 2. The van der Waals surface area contributed by atoms with Gasteiger partial charge in [-0.3, -0.25) is 9.88 Å². The Morgan fingerprint density at radius 3 is 2.21 bits per heavy atom. The number of carbonyl (C=O) groups is 1. The van der Waals surface area contributed by atoms with Gasteiger partial charge in [0.1, 0.15) is 11.5 Å². The van der Waals surface area contributed by atoms with Crippen LogP contribution in [0.25, 0.3) is 10.9 Å². The second-order valence-electron chi connectivity index (χ2n) is 7.48. The SMILES string of the molecule is COc1cc2nccc(Oc3ccc(N(Cc4ccc(C)cc4)C(=O)O)cc3)c2cc1OC. The number of hydrogen-bond donors (Lipinski definition) is 1. The minimum absolute atomic E-state index is 0.256. The van der Waals surface area contributed by atoms with Crippen LogP contribution in [0.2, 0.25) is 0 Å². The van der Waals surface area contributed by atoms with Gasteiger partial charge in [0, 0.05) is 23.3 Å². The van der Waals surface area contributed by atoms with E-state index in [2.05, 4.69) is 4.98 Å². The van der Waals surface area contributed by atoms with Crippen molar-refractivity contribution in [3.05, 3.63) is 84.1 Å². The van der Waals surface area contributed by atoms with Gasteiger partial charge in [-0.1, -0.05) is 29.8 Å². The molecular formula is C26H24N2O5. The molecule has 7 nitrogen and oxygen atoms in total. The van der Waals surface area contributed by atoms with Crippen molar-refractivity contribution in [2.45, 2.75) is 13.5 Å². The number of ether oxygens (including phenoxy) is 3. The monoisotopic (exact) mass is 444 g/mol. The first-order valence-electron chi connectivity index (χ1n) is 10.3. The number of aryl methyl sites for hydroxylation is 1. The zero-order valence-electron chi connectivity index (χ0n) is 18.6. The Morgan fingerprint density at radius 1 is 0.909 bits per heavy atom. The fourth-order valence-corrected chi connectivity index (χ4v) is 3.50. The predicted octanol–water partition coefficient (Wildman–Crippen LogP) is 6.04. The van der Waals surface area contributed by atoms with Crippen molar-refractivity contribution < 1.29 is 24.1 Å². The van der Waals surface area contributed by atoms with Crippen molar-refractivity contribution >= 4 is 22.7 Å². The molecule has 0 saturated carbocycles. The van der Waals surface area contributed by atoms with Gasteiger partial charge in [0.05, 0.1) is 26.3 Å². The summed E-state index contributed by atoms with van der Waals surface area (Å²) in [5.41, 5.74) is 3.30. The molecule has 0 bridgehead atoms. The number of benzene rings is 3. The van der Waals surface area contributed by atoms with Gasteiger partial charge in [0.15, 0.2) is 11.5 Å². The zero-order valence-corrected chi connectivity index (χ0v) is 18.6. The van der Waals surface area contributed by atoms with Crippen LogP contribution in [0.3, 0.4) is 0 Å². The highest BCUT2D eigenvalue weighted by atomic mass is 16.5. The molecule has 3 aromatic carbocycles. The Morgan fingerprint density at radius 2 is 1.58 bits per heavy atom. The Balaban J connectivity index is 1.58. The molecule has 0 radical (unpaired) electrons. The topological polar surface area (TPSA) is 81.1 Å². The maximum absolute atomic E-state index is 11.9. The zero-order chi connectivity index (χ0) is 23.4. The summed E-state index contributed by atoms with van der Waals surface area (Å²) >= 11 is 0. The summed E-state index contributed by atoms with van der Waals surface area (Å²) in [4.78, 5) is 17.6. The number of rotatable bonds is 7. The highest BCUT2D eigenvalue weighted by Crippen LogP contribution is 2.37. The first-order valence-corrected chi connectivity index (χ1v) is 10.3. The minimum Gasteiger partial charge on any atom is -0.493 e. The molecule has 0 spiro atoms. The highest BCUT2D eigenvalue weighted by molar-refractivity contribution is 5.88. The standard InChI is InChI=1S/C26H24N2O5/c1-17-4-6-18(7-5-17)16-28(26(29)30)19-8-10-20(11-9-19)33-23-12-13-27-22-15-25(32-3)24(31-2)14-21(22)23/h4-15H,16H2,1-3H3,(H,29,30). The number of anilines is 1. The number of carboxylic acid groups (broad SMARTS) is 1. The minimum atomic E-state index is -1.02. The lowest BCUT2D eigenvalue weighted by Gasteiger charge is -2.20. The molecule has 0 saturated heterocycles. The average Bonchev–Trinajstić information content (AvgIpc) is 2.83. The summed E-state index contributed by atoms with van der Waals surface area (Å²) < 4.78 is 16.8. The van der Waals surface area contributed by atoms with E-state index in [1.807, 2.05) is 37.3 Å². The molecule has 0 fully saturated rings. The fraction of sp³-hybridized carbons (Fsp3) is 0.154. The van der Waals surface area contributed by atoms with Crippen molar-refractivity contribution in [2.24, 2.45) is 0 Å². The molecule has 1 heterocycles. The van der Waals surface area contributed by atoms with Crippen LogP contribution >= 0.6 is 0 Å². The van der Waals surface area contributed by atoms with Gasteiger partial charge in [0.2, 0.25) is 0 Å². The van der Waals surface area contributed by atoms with Crippen molar-refractivity contribution in [2.75, 3.05) is 19.1 Å². The van der Waals surface area contributed by atoms with Crippen LogP contribution in [-0.4, -0.2) is 30.4 Å². The van der Waals surface area contributed by atoms with Crippen molar-refractivity contribution in [3.8, 4) is 23.0 Å². The number of methoxy groups -OCH3 is 2. The lowest BCUT2D eigenvalue weighted by Crippen LogP contribution is -2.28. The first-order chi connectivity index (χ1) is 16.0. The summed E-state index contributed by atoms with van der Waals surface area (Å²) in [6.07, 6.45) is 0.636. The molecule has 0 aliphatic carbocycles. The number of hydrogen-bond acceptors (Lipinski definition) is 5. The largest absolute Gasteiger partial charge is 0.493 e. The van der Waals surface area contributed by atoms with Crippen LogP contribution < -0.4 is 19.1 Å². The van der Waals surface area contributed by atoms with E-state index in [1.54, 1.807) is 56.8 Å². The third kappa shape index (κ3) is 4.82. The third-order valence-electron chi connectivity index (χ3n) is 5.28. The summed E-state index contributed by atoms with van der Waals surface area (Å²) in [5, 5.41) is 10.5. The maximum atomic E-state index is 11.9. The average molecular weight is 444 g/mol. The Kier molecular flexibility index (Phi) is 6.31. The van der Waals surface area contributed by atoms with E-state index in [-0.39, 0.29) is 6.54 Å². The predicted molar refractivity (Wildman–Crippen MR) is 127 cm³/mol. The summed E-state index contributed by atoms with van der Waals surface area (Å²) in [6, 6.07) is 20.1. The summed E-state index contributed by atoms with van der Waals surface area (Å²) in [5.74, 6) is 2.33. The van der Waals surface area contributed by atoms with Crippen molar-refractivity contribution in [1.29, 1.82) is 0 Å². The lowest BCUT2D eigenvalue weighted by atomic mass is 10.1. The molecule has 4 rings (SSSR count). The van der Waals surface area contributed by atoms with Crippen LogP contribution in [-0.2, 0) is 6.54 Å². The van der Waals surface area contributed by atoms with Gasteiger partial charge in [-0.05, 0) is 48.9 Å². The molecule has 0 aliphatic heterocycles. The maximum Gasteiger partial charge on any atom is 0.412 e. The van der Waals surface area contributed by atoms with E-state index in [9.17, 15) is 9.90 Å². The van der Waals surface area contributed by atoms with E-state index >= 15 is 0 Å². The molecule has 1 aromatic heterocycles. The van der Waals surface area contributed by atoms with Gasteiger partial charge in [-0.25, -0.2) is 4.79 Å². The van der Waals surface area contributed by atoms with E-state index in [0.29, 0.717) is 34.2 Å². The summed E-state index contributed by atoms with van der Waals surface area (Å²) in [6.45, 7) is 2.25. The molecule has 0 atom stereocenters. The lowest BCUT2D eigenvalue weighted by molar-refractivity contribution is 0.201. The third-order valence-corrected chi connectivity index (χ3v) is 5.28. The van der Waals surface area contributed by atoms with Crippen LogP contribution in [0.5, 0.6) is 23.0 Å². The molecule has 0 unspecified atom stereocenters. The molecule has 4 aromatic rings. The van der Waals surface area contributed by atoms with Crippen LogP contribution in [0.1, 0.15) is 11.1 Å². The van der Waals surface area contributed by atoms with Crippen molar-refractivity contribution in [1.82, 2.24) is 4.98 Å². The van der Waals surface area contributed by atoms with E-state index < -0.39 is 6.09 Å². The molecule has 0 aliphatic rings. The fourth-order valence-electron chi connectivity index (χ4n) is 3.50. The molecule has 1 N–H and O–H groups in total. The molecular weight excluding hydrogens is 420 g/mol. The van der Waals surface area contributed by atoms with Gasteiger partial charge in [-0.15, -0.1) is 0 Å². The Hall–Kier alpha value is -4.26.